The lowest BCUT2D eigenvalue weighted by molar-refractivity contribution is -0.137. The fraction of sp³-hybridized carbons (Fsp3) is 0.308. The molecule has 0 aliphatic heterocycles. The third-order valence-electron chi connectivity index (χ3n) is 2.95. The number of hydrogen-bond acceptors (Lipinski definition) is 4. The molecule has 0 spiro atoms. The molecular formula is C13H14BrN3O3S. The van der Waals surface area contributed by atoms with E-state index in [4.69, 9.17) is 5.11 Å². The molecule has 0 saturated carbocycles. The van der Waals surface area contributed by atoms with Crippen molar-refractivity contribution in [1.29, 1.82) is 0 Å². The van der Waals surface area contributed by atoms with Crippen LogP contribution < -0.4 is 5.32 Å². The van der Waals surface area contributed by atoms with E-state index >= 15 is 0 Å². The molecule has 2 heterocycles. The largest absolute Gasteiger partial charge is 0.481 e. The van der Waals surface area contributed by atoms with Gasteiger partial charge in [0.1, 0.15) is 0 Å². The Labute approximate surface area is 133 Å². The van der Waals surface area contributed by atoms with Crippen LogP contribution in [0.4, 0.5) is 5.69 Å². The number of thiophene rings is 1. The SMILES string of the molecule is Cc1nn(CCC(=O)O)c(C)c1NC(=O)c1cc(Br)cs1. The van der Waals surface area contributed by atoms with E-state index in [0.29, 0.717) is 16.3 Å². The van der Waals surface area contributed by atoms with Crippen LogP contribution in [-0.2, 0) is 11.3 Å². The Balaban J connectivity index is 2.16. The number of anilines is 1. The minimum absolute atomic E-state index is 0.00673. The predicted octanol–water partition coefficient (Wildman–Crippen LogP) is 3.05. The summed E-state index contributed by atoms with van der Waals surface area (Å²) in [5.41, 5.74) is 2.05. The molecule has 0 fully saturated rings. The first-order valence-electron chi connectivity index (χ1n) is 6.19. The molecule has 2 rings (SSSR count). The van der Waals surface area contributed by atoms with Crippen molar-refractivity contribution >= 4 is 44.8 Å². The fourth-order valence-corrected chi connectivity index (χ4v) is 3.23. The third-order valence-corrected chi connectivity index (χ3v) is 4.64. The van der Waals surface area contributed by atoms with Gasteiger partial charge in [-0.1, -0.05) is 0 Å². The normalized spacial score (nSPS) is 10.6. The number of carbonyl (C=O) groups excluding carboxylic acids is 1. The standard InChI is InChI=1S/C13H14BrN3O3S/c1-7-12(8(2)17(16-7)4-3-11(18)19)15-13(20)10-5-9(14)6-21-10/h5-6H,3-4H2,1-2H3,(H,15,20)(H,18,19). The van der Waals surface area contributed by atoms with Crippen molar-refractivity contribution in [3.63, 3.8) is 0 Å². The number of hydrogen-bond donors (Lipinski definition) is 2. The van der Waals surface area contributed by atoms with Gasteiger partial charge in [-0.05, 0) is 35.8 Å². The predicted molar refractivity (Wildman–Crippen MR) is 83.9 cm³/mol. The van der Waals surface area contributed by atoms with E-state index in [1.807, 2.05) is 12.3 Å². The average Bonchev–Trinajstić information content (AvgIpc) is 2.95. The summed E-state index contributed by atoms with van der Waals surface area (Å²) in [6.45, 7) is 3.87. The molecule has 6 nitrogen and oxygen atoms in total. The van der Waals surface area contributed by atoms with Crippen molar-refractivity contribution in [3.05, 3.63) is 32.2 Å². The minimum atomic E-state index is -0.878. The number of carbonyl (C=O) groups is 2. The van der Waals surface area contributed by atoms with Crippen LogP contribution in [0.5, 0.6) is 0 Å². The smallest absolute Gasteiger partial charge is 0.305 e. The van der Waals surface area contributed by atoms with Gasteiger partial charge in [0.2, 0.25) is 0 Å². The summed E-state index contributed by atoms with van der Waals surface area (Å²) in [6.07, 6.45) is -0.00673. The second kappa shape index (κ2) is 6.40. The van der Waals surface area contributed by atoms with Gasteiger partial charge in [0.25, 0.3) is 5.91 Å². The van der Waals surface area contributed by atoms with E-state index < -0.39 is 5.97 Å². The molecule has 0 radical (unpaired) electrons. The lowest BCUT2D eigenvalue weighted by atomic mass is 10.3. The number of carboxylic acids is 1. The molecule has 0 aliphatic carbocycles. The summed E-state index contributed by atoms with van der Waals surface area (Å²) in [4.78, 5) is 23.4. The lowest BCUT2D eigenvalue weighted by Gasteiger charge is -2.05. The number of nitrogens with one attached hydrogen (secondary N) is 1. The zero-order chi connectivity index (χ0) is 15.6. The van der Waals surface area contributed by atoms with Crippen LogP contribution >= 0.6 is 27.3 Å². The number of halogens is 1. The lowest BCUT2D eigenvalue weighted by Crippen LogP contribution is -2.12. The molecule has 2 aromatic rings. The first kappa shape index (κ1) is 15.7. The molecule has 0 aromatic carbocycles. The Morgan fingerprint density at radius 2 is 2.19 bits per heavy atom. The van der Waals surface area contributed by atoms with Gasteiger partial charge in [0.05, 0.1) is 34.9 Å². The Hall–Kier alpha value is -1.67. The number of aryl methyl sites for hydroxylation is 2. The van der Waals surface area contributed by atoms with Gasteiger partial charge in [-0.25, -0.2) is 0 Å². The second-order valence-electron chi connectivity index (χ2n) is 4.50. The summed E-state index contributed by atoms with van der Waals surface area (Å²) in [5.74, 6) is -1.08. The van der Waals surface area contributed by atoms with Crippen molar-refractivity contribution < 1.29 is 14.7 Å². The van der Waals surface area contributed by atoms with E-state index in [1.165, 1.54) is 11.3 Å². The first-order chi connectivity index (χ1) is 9.88. The Kier molecular flexibility index (Phi) is 4.79. The van der Waals surface area contributed by atoms with Crippen LogP contribution in [-0.4, -0.2) is 26.8 Å². The molecule has 2 aromatic heterocycles. The third kappa shape index (κ3) is 3.70. The molecule has 1 amide bonds. The molecule has 0 bridgehead atoms. The maximum Gasteiger partial charge on any atom is 0.305 e. The van der Waals surface area contributed by atoms with Crippen LogP contribution in [0.25, 0.3) is 0 Å². The zero-order valence-electron chi connectivity index (χ0n) is 11.5. The number of aromatic nitrogens is 2. The van der Waals surface area contributed by atoms with Crippen molar-refractivity contribution in [1.82, 2.24) is 9.78 Å². The van der Waals surface area contributed by atoms with Gasteiger partial charge >= 0.3 is 5.97 Å². The topological polar surface area (TPSA) is 84.2 Å². The monoisotopic (exact) mass is 371 g/mol. The maximum atomic E-state index is 12.2. The minimum Gasteiger partial charge on any atom is -0.481 e. The highest BCUT2D eigenvalue weighted by Gasteiger charge is 2.16. The van der Waals surface area contributed by atoms with Crippen LogP contribution in [0.2, 0.25) is 0 Å². The summed E-state index contributed by atoms with van der Waals surface area (Å²) in [6, 6.07) is 1.75. The molecular weight excluding hydrogens is 358 g/mol. The molecule has 8 heteroatoms. The van der Waals surface area contributed by atoms with Gasteiger partial charge in [0.15, 0.2) is 0 Å². The highest BCUT2D eigenvalue weighted by Crippen LogP contribution is 2.24. The number of aliphatic carboxylic acids is 1. The van der Waals surface area contributed by atoms with Crippen molar-refractivity contribution in [3.8, 4) is 0 Å². The second-order valence-corrected chi connectivity index (χ2v) is 6.32. The first-order valence-corrected chi connectivity index (χ1v) is 7.87. The van der Waals surface area contributed by atoms with Crippen molar-refractivity contribution in [2.24, 2.45) is 0 Å². The Bertz CT molecular complexity index is 693. The molecule has 112 valence electrons. The highest BCUT2D eigenvalue weighted by molar-refractivity contribution is 9.10. The van der Waals surface area contributed by atoms with Gasteiger partial charge in [-0.15, -0.1) is 11.3 Å². The zero-order valence-corrected chi connectivity index (χ0v) is 13.9. The van der Waals surface area contributed by atoms with Crippen molar-refractivity contribution in [2.75, 3.05) is 5.32 Å². The van der Waals surface area contributed by atoms with Crippen LogP contribution in [0, 0.1) is 13.8 Å². The Morgan fingerprint density at radius 3 is 2.76 bits per heavy atom. The molecule has 0 saturated heterocycles. The van der Waals surface area contributed by atoms with Gasteiger partial charge in [-0.2, -0.15) is 5.10 Å². The van der Waals surface area contributed by atoms with Crippen LogP contribution in [0.1, 0.15) is 27.5 Å². The van der Waals surface area contributed by atoms with Gasteiger partial charge in [0, 0.05) is 9.85 Å². The molecule has 0 unspecified atom stereocenters. The van der Waals surface area contributed by atoms with E-state index in [-0.39, 0.29) is 18.9 Å². The molecule has 0 aliphatic rings. The molecule has 2 N–H and O–H groups in total. The number of nitrogens with zero attached hydrogens (tertiary/aromatic N) is 2. The van der Waals surface area contributed by atoms with Gasteiger partial charge in [-0.3, -0.25) is 14.3 Å². The number of carboxylic acid groups (broad SMARTS) is 1. The van der Waals surface area contributed by atoms with E-state index in [1.54, 1.807) is 17.7 Å². The summed E-state index contributed by atoms with van der Waals surface area (Å²) >= 11 is 4.66. The fourth-order valence-electron chi connectivity index (χ4n) is 1.90. The van der Waals surface area contributed by atoms with Crippen molar-refractivity contribution in [2.45, 2.75) is 26.8 Å². The summed E-state index contributed by atoms with van der Waals surface area (Å²) in [7, 11) is 0. The molecule has 0 atom stereocenters. The van der Waals surface area contributed by atoms with E-state index in [0.717, 1.165) is 10.2 Å². The Morgan fingerprint density at radius 1 is 1.48 bits per heavy atom. The van der Waals surface area contributed by atoms with E-state index in [9.17, 15) is 9.59 Å². The van der Waals surface area contributed by atoms with E-state index in [2.05, 4.69) is 26.3 Å². The quantitative estimate of drug-likeness (QED) is 0.845. The number of amides is 1. The highest BCUT2D eigenvalue weighted by atomic mass is 79.9. The summed E-state index contributed by atoms with van der Waals surface area (Å²) in [5, 5.41) is 17.7. The number of rotatable bonds is 5. The van der Waals surface area contributed by atoms with Gasteiger partial charge < -0.3 is 10.4 Å². The van der Waals surface area contributed by atoms with Crippen LogP contribution in [0.3, 0.4) is 0 Å². The average molecular weight is 372 g/mol. The molecule has 21 heavy (non-hydrogen) atoms. The summed E-state index contributed by atoms with van der Waals surface area (Å²) < 4.78 is 2.46. The van der Waals surface area contributed by atoms with Crippen LogP contribution in [0.15, 0.2) is 15.9 Å². The maximum absolute atomic E-state index is 12.2.